The second-order valence-corrected chi connectivity index (χ2v) is 6.05. The minimum atomic E-state index is -0.285. The van der Waals surface area contributed by atoms with Crippen molar-refractivity contribution in [3.05, 3.63) is 69.2 Å². The molecular formula is C16H15Cl3. The van der Waals surface area contributed by atoms with Gasteiger partial charge < -0.3 is 0 Å². The molecule has 2 aromatic carbocycles. The molecule has 0 saturated heterocycles. The zero-order valence-electron chi connectivity index (χ0n) is 10.8. The van der Waals surface area contributed by atoms with E-state index in [1.54, 1.807) is 6.07 Å². The van der Waals surface area contributed by atoms with Gasteiger partial charge in [-0.15, -0.1) is 11.6 Å². The van der Waals surface area contributed by atoms with E-state index >= 15 is 0 Å². The third kappa shape index (κ3) is 3.25. The Morgan fingerprint density at radius 1 is 0.842 bits per heavy atom. The predicted molar refractivity (Wildman–Crippen MR) is 84.7 cm³/mol. The molecule has 0 aliphatic heterocycles. The van der Waals surface area contributed by atoms with Gasteiger partial charge in [-0.25, -0.2) is 0 Å². The van der Waals surface area contributed by atoms with E-state index in [1.165, 1.54) is 5.56 Å². The molecule has 0 fully saturated rings. The van der Waals surface area contributed by atoms with Crippen molar-refractivity contribution < 1.29 is 0 Å². The van der Waals surface area contributed by atoms with Crippen molar-refractivity contribution in [2.45, 2.75) is 25.1 Å². The Morgan fingerprint density at radius 2 is 1.42 bits per heavy atom. The highest BCUT2D eigenvalue weighted by atomic mass is 35.5. The maximum Gasteiger partial charge on any atom is 0.0850 e. The topological polar surface area (TPSA) is 0 Å². The van der Waals surface area contributed by atoms with Gasteiger partial charge in [0.05, 0.1) is 15.4 Å². The minimum absolute atomic E-state index is 0.285. The number of rotatable bonds is 3. The summed E-state index contributed by atoms with van der Waals surface area (Å²) in [4.78, 5) is 0. The summed E-state index contributed by atoms with van der Waals surface area (Å²) in [6.07, 6.45) is 0. The van der Waals surface area contributed by atoms with Crippen LogP contribution in [0, 0.1) is 0 Å². The van der Waals surface area contributed by atoms with Crippen molar-refractivity contribution in [3.8, 4) is 0 Å². The van der Waals surface area contributed by atoms with Crippen molar-refractivity contribution >= 4 is 34.8 Å². The van der Waals surface area contributed by atoms with Crippen molar-refractivity contribution in [1.82, 2.24) is 0 Å². The molecule has 0 bridgehead atoms. The van der Waals surface area contributed by atoms with E-state index < -0.39 is 0 Å². The van der Waals surface area contributed by atoms with Crippen molar-refractivity contribution in [2.24, 2.45) is 0 Å². The molecule has 0 spiro atoms. The van der Waals surface area contributed by atoms with Crippen LogP contribution in [0.3, 0.4) is 0 Å². The lowest BCUT2D eigenvalue weighted by atomic mass is 9.98. The summed E-state index contributed by atoms with van der Waals surface area (Å²) in [5.74, 6) is 0.512. The minimum Gasteiger partial charge on any atom is -0.113 e. The molecule has 2 aromatic rings. The Balaban J connectivity index is 2.33. The van der Waals surface area contributed by atoms with Gasteiger partial charge >= 0.3 is 0 Å². The Labute approximate surface area is 129 Å². The van der Waals surface area contributed by atoms with Gasteiger partial charge in [0.25, 0.3) is 0 Å². The predicted octanol–water partition coefficient (Wildman–Crippen LogP) is 6.45. The van der Waals surface area contributed by atoms with E-state index in [0.29, 0.717) is 16.0 Å². The molecule has 0 radical (unpaired) electrons. The van der Waals surface area contributed by atoms with Gasteiger partial charge in [0.2, 0.25) is 0 Å². The fraction of sp³-hybridized carbons (Fsp3) is 0.250. The van der Waals surface area contributed by atoms with Gasteiger partial charge in [-0.05, 0) is 28.7 Å². The summed E-state index contributed by atoms with van der Waals surface area (Å²) in [7, 11) is 0. The van der Waals surface area contributed by atoms with Crippen LogP contribution in [0.25, 0.3) is 0 Å². The number of hydrogen-bond donors (Lipinski definition) is 0. The molecule has 19 heavy (non-hydrogen) atoms. The molecule has 1 unspecified atom stereocenters. The average molecular weight is 314 g/mol. The van der Waals surface area contributed by atoms with E-state index in [0.717, 1.165) is 11.1 Å². The maximum atomic E-state index is 6.50. The highest BCUT2D eigenvalue weighted by molar-refractivity contribution is 6.43. The van der Waals surface area contributed by atoms with Crippen LogP contribution in [0.1, 0.15) is 41.8 Å². The summed E-state index contributed by atoms with van der Waals surface area (Å²) in [6.45, 7) is 4.34. The fourth-order valence-electron chi connectivity index (χ4n) is 1.95. The largest absolute Gasteiger partial charge is 0.113 e. The summed E-state index contributed by atoms with van der Waals surface area (Å²) >= 11 is 18.7. The summed E-state index contributed by atoms with van der Waals surface area (Å²) in [5.41, 5.74) is 3.16. The fourth-order valence-corrected chi connectivity index (χ4v) is 2.75. The van der Waals surface area contributed by atoms with Crippen LogP contribution < -0.4 is 0 Å². The molecule has 0 heterocycles. The molecule has 1 atom stereocenters. The SMILES string of the molecule is CC(C)c1ccc(C(Cl)c2cccc(Cl)c2Cl)cc1. The molecule has 0 aliphatic rings. The molecule has 2 rings (SSSR count). The lowest BCUT2D eigenvalue weighted by Crippen LogP contribution is -1.96. The highest BCUT2D eigenvalue weighted by Gasteiger charge is 2.15. The Morgan fingerprint density at radius 3 is 2.00 bits per heavy atom. The monoisotopic (exact) mass is 312 g/mol. The first-order valence-electron chi connectivity index (χ1n) is 6.18. The third-order valence-corrected chi connectivity index (χ3v) is 4.47. The summed E-state index contributed by atoms with van der Waals surface area (Å²) in [6, 6.07) is 13.8. The third-order valence-electron chi connectivity index (χ3n) is 3.15. The first-order valence-corrected chi connectivity index (χ1v) is 7.37. The highest BCUT2D eigenvalue weighted by Crippen LogP contribution is 2.37. The summed E-state index contributed by atoms with van der Waals surface area (Å²) < 4.78 is 0. The van der Waals surface area contributed by atoms with Gasteiger partial charge in [-0.2, -0.15) is 0 Å². The first kappa shape index (κ1) is 14.7. The van der Waals surface area contributed by atoms with Crippen LogP contribution in [0.5, 0.6) is 0 Å². The molecule has 0 aromatic heterocycles. The van der Waals surface area contributed by atoms with E-state index in [9.17, 15) is 0 Å². The van der Waals surface area contributed by atoms with Crippen LogP contribution in [-0.2, 0) is 0 Å². The maximum absolute atomic E-state index is 6.50. The average Bonchev–Trinajstić information content (AvgIpc) is 2.41. The zero-order valence-corrected chi connectivity index (χ0v) is 13.1. The number of alkyl halides is 1. The molecule has 0 aliphatic carbocycles. The number of hydrogen-bond acceptors (Lipinski definition) is 0. The van der Waals surface area contributed by atoms with Gasteiger partial charge in [0.15, 0.2) is 0 Å². The van der Waals surface area contributed by atoms with E-state index in [4.69, 9.17) is 34.8 Å². The number of benzene rings is 2. The second-order valence-electron chi connectivity index (χ2n) is 4.83. The van der Waals surface area contributed by atoms with Crippen molar-refractivity contribution in [1.29, 1.82) is 0 Å². The van der Waals surface area contributed by atoms with Gasteiger partial charge in [-0.3, -0.25) is 0 Å². The van der Waals surface area contributed by atoms with Crippen LogP contribution >= 0.6 is 34.8 Å². The second kappa shape index (κ2) is 6.17. The molecule has 0 saturated carbocycles. The Hall–Kier alpha value is -0.690. The zero-order chi connectivity index (χ0) is 14.0. The molecule has 0 amide bonds. The molecule has 100 valence electrons. The quantitative estimate of drug-likeness (QED) is 0.571. The van der Waals surface area contributed by atoms with Gasteiger partial charge in [-0.1, -0.05) is 73.4 Å². The van der Waals surface area contributed by atoms with Crippen LogP contribution in [-0.4, -0.2) is 0 Å². The Bertz CT molecular complexity index is 559. The molecule has 0 N–H and O–H groups in total. The van der Waals surface area contributed by atoms with Crippen LogP contribution in [0.2, 0.25) is 10.0 Å². The normalized spacial score (nSPS) is 12.7. The molecular weight excluding hydrogens is 299 g/mol. The van der Waals surface area contributed by atoms with E-state index in [-0.39, 0.29) is 5.38 Å². The first-order chi connectivity index (χ1) is 9.00. The smallest absolute Gasteiger partial charge is 0.0850 e. The van der Waals surface area contributed by atoms with Crippen molar-refractivity contribution in [2.75, 3.05) is 0 Å². The van der Waals surface area contributed by atoms with Crippen LogP contribution in [0.15, 0.2) is 42.5 Å². The lowest BCUT2D eigenvalue weighted by molar-refractivity contribution is 0.865. The standard InChI is InChI=1S/C16H15Cl3/c1-10(2)11-6-8-12(9-7-11)15(18)13-4-3-5-14(17)16(13)19/h3-10,15H,1-2H3. The molecule has 3 heteroatoms. The Kier molecular flexibility index (Phi) is 4.78. The van der Waals surface area contributed by atoms with Crippen molar-refractivity contribution in [3.63, 3.8) is 0 Å². The van der Waals surface area contributed by atoms with Gasteiger partial charge in [0, 0.05) is 0 Å². The van der Waals surface area contributed by atoms with E-state index in [1.807, 2.05) is 24.3 Å². The number of halogens is 3. The molecule has 0 nitrogen and oxygen atoms in total. The van der Waals surface area contributed by atoms with Crippen LogP contribution in [0.4, 0.5) is 0 Å². The summed E-state index contributed by atoms with van der Waals surface area (Å²) in [5, 5.41) is 0.771. The van der Waals surface area contributed by atoms with Gasteiger partial charge in [0.1, 0.15) is 0 Å². The lowest BCUT2D eigenvalue weighted by Gasteiger charge is -2.14. The van der Waals surface area contributed by atoms with E-state index in [2.05, 4.69) is 26.0 Å².